The molecule has 1 aliphatic heterocycles. The number of rotatable bonds is 6. The van der Waals surface area contributed by atoms with Crippen LogP contribution in [0.3, 0.4) is 0 Å². The number of likely N-dealkylation sites (tertiary alicyclic amines) is 1. The van der Waals surface area contributed by atoms with E-state index in [-0.39, 0.29) is 24.4 Å². The van der Waals surface area contributed by atoms with Gasteiger partial charge in [0.05, 0.1) is 19.2 Å². The van der Waals surface area contributed by atoms with Crippen LogP contribution in [0.15, 0.2) is 24.3 Å². The van der Waals surface area contributed by atoms with Crippen LogP contribution in [0.5, 0.6) is 5.75 Å². The van der Waals surface area contributed by atoms with Crippen LogP contribution in [0, 0.1) is 5.92 Å². The number of alkyl halides is 1. The van der Waals surface area contributed by atoms with Crippen LogP contribution in [0.2, 0.25) is 0 Å². The molecule has 2 unspecified atom stereocenters. The quantitative estimate of drug-likeness (QED) is 0.795. The Balaban J connectivity index is 2.15. The number of hydrogen-bond acceptors (Lipinski definition) is 4. The van der Waals surface area contributed by atoms with Crippen LogP contribution >= 0.6 is 0 Å². The zero-order valence-electron chi connectivity index (χ0n) is 15.0. The van der Waals surface area contributed by atoms with Gasteiger partial charge in [-0.05, 0) is 18.1 Å². The average Bonchev–Trinajstić information content (AvgIpc) is 3.02. The van der Waals surface area contributed by atoms with Crippen molar-refractivity contribution in [2.75, 3.05) is 20.2 Å². The van der Waals surface area contributed by atoms with Crippen molar-refractivity contribution < 1.29 is 28.6 Å². The lowest BCUT2D eigenvalue weighted by atomic mass is 10.0. The highest BCUT2D eigenvalue weighted by molar-refractivity contribution is 5.99. The first-order valence-electron chi connectivity index (χ1n) is 8.34. The second kappa shape index (κ2) is 7.72. The number of para-hydroxylation sites is 1. The van der Waals surface area contributed by atoms with E-state index in [1.807, 2.05) is 0 Å². The van der Waals surface area contributed by atoms with E-state index < -0.39 is 36.0 Å². The maximum atomic E-state index is 14.2. The number of carboxylic acid groups (broad SMARTS) is 1. The second-order valence-corrected chi connectivity index (χ2v) is 6.68. The maximum Gasteiger partial charge on any atom is 0.343 e. The Kier molecular flexibility index (Phi) is 5.84. The number of benzene rings is 1. The fourth-order valence-corrected chi connectivity index (χ4v) is 2.90. The summed E-state index contributed by atoms with van der Waals surface area (Å²) < 4.78 is 19.4. The van der Waals surface area contributed by atoms with Crippen molar-refractivity contribution >= 4 is 17.8 Å². The van der Waals surface area contributed by atoms with Gasteiger partial charge in [-0.2, -0.15) is 0 Å². The number of aliphatic carboxylic acids is 1. The molecule has 0 radical (unpaired) electrons. The van der Waals surface area contributed by atoms with Crippen molar-refractivity contribution in [3.63, 3.8) is 0 Å². The van der Waals surface area contributed by atoms with Crippen molar-refractivity contribution in [2.45, 2.75) is 32.0 Å². The van der Waals surface area contributed by atoms with E-state index in [1.165, 1.54) is 7.11 Å². The van der Waals surface area contributed by atoms with Crippen LogP contribution in [0.1, 0.15) is 30.6 Å². The minimum absolute atomic E-state index is 0.00458. The summed E-state index contributed by atoms with van der Waals surface area (Å²) in [5, 5.41) is 11.6. The molecule has 2 rings (SSSR count). The Morgan fingerprint density at radius 3 is 2.50 bits per heavy atom. The molecule has 8 heteroatoms. The Bertz CT molecular complexity index is 709. The molecule has 0 saturated carbocycles. The summed E-state index contributed by atoms with van der Waals surface area (Å²) in [4.78, 5) is 37.5. The predicted molar refractivity (Wildman–Crippen MR) is 91.8 cm³/mol. The van der Waals surface area contributed by atoms with Gasteiger partial charge in [0, 0.05) is 13.0 Å². The van der Waals surface area contributed by atoms with Crippen molar-refractivity contribution in [2.24, 2.45) is 5.92 Å². The number of nitrogens with zero attached hydrogens (tertiary/aromatic N) is 1. The van der Waals surface area contributed by atoms with Gasteiger partial charge >= 0.3 is 5.97 Å². The molecule has 1 fully saturated rings. The maximum absolute atomic E-state index is 14.2. The molecule has 1 aromatic rings. The summed E-state index contributed by atoms with van der Waals surface area (Å²) in [6.45, 7) is 2.98. The van der Waals surface area contributed by atoms with Crippen LogP contribution in [-0.2, 0) is 9.59 Å². The van der Waals surface area contributed by atoms with Gasteiger partial charge in [-0.1, -0.05) is 26.0 Å². The predicted octanol–water partition coefficient (Wildman–Crippen LogP) is 1.47. The van der Waals surface area contributed by atoms with E-state index in [1.54, 1.807) is 38.1 Å². The molecule has 142 valence electrons. The smallest absolute Gasteiger partial charge is 0.343 e. The van der Waals surface area contributed by atoms with Gasteiger partial charge in [0.2, 0.25) is 11.6 Å². The molecule has 0 spiro atoms. The van der Waals surface area contributed by atoms with Crippen LogP contribution in [0.25, 0.3) is 0 Å². The first-order valence-corrected chi connectivity index (χ1v) is 8.34. The highest BCUT2D eigenvalue weighted by Gasteiger charge is 2.48. The van der Waals surface area contributed by atoms with E-state index in [2.05, 4.69) is 5.32 Å². The van der Waals surface area contributed by atoms with E-state index >= 15 is 0 Å². The summed E-state index contributed by atoms with van der Waals surface area (Å²) >= 11 is 0. The number of halogens is 1. The lowest BCUT2D eigenvalue weighted by Crippen LogP contribution is -2.51. The molecule has 1 saturated heterocycles. The summed E-state index contributed by atoms with van der Waals surface area (Å²) in [6, 6.07) is 5.70. The van der Waals surface area contributed by atoms with Gasteiger partial charge < -0.3 is 20.1 Å². The standard InChI is InChI=1S/C18H23FN2O5/c1-11(2)14(16(23)21-9-8-18(19,10-21)17(24)25)20-15(22)12-6-4-5-7-13(12)26-3/h4-7,11,14H,8-10H2,1-3H3,(H,20,22)(H,24,25). The Labute approximate surface area is 151 Å². The fourth-order valence-electron chi connectivity index (χ4n) is 2.90. The van der Waals surface area contributed by atoms with Crippen molar-refractivity contribution in [3.05, 3.63) is 29.8 Å². The molecule has 1 aliphatic rings. The van der Waals surface area contributed by atoms with Gasteiger partial charge in [-0.15, -0.1) is 0 Å². The second-order valence-electron chi connectivity index (χ2n) is 6.68. The first kappa shape index (κ1) is 19.7. The van der Waals surface area contributed by atoms with Crippen molar-refractivity contribution in [3.8, 4) is 5.75 Å². The molecule has 0 aromatic heterocycles. The van der Waals surface area contributed by atoms with E-state index in [4.69, 9.17) is 9.84 Å². The Hall–Kier alpha value is -2.64. The van der Waals surface area contributed by atoms with Crippen LogP contribution in [-0.4, -0.2) is 59.7 Å². The summed E-state index contributed by atoms with van der Waals surface area (Å²) in [5.41, 5.74) is -2.16. The highest BCUT2D eigenvalue weighted by Crippen LogP contribution is 2.27. The zero-order valence-corrected chi connectivity index (χ0v) is 15.0. The number of carbonyl (C=O) groups excluding carboxylic acids is 2. The number of ether oxygens (including phenoxy) is 1. The largest absolute Gasteiger partial charge is 0.496 e. The minimum atomic E-state index is -2.44. The topological polar surface area (TPSA) is 95.9 Å². The molecule has 0 bridgehead atoms. The van der Waals surface area contributed by atoms with E-state index in [9.17, 15) is 18.8 Å². The van der Waals surface area contributed by atoms with Gasteiger partial charge in [-0.25, -0.2) is 9.18 Å². The van der Waals surface area contributed by atoms with E-state index in [0.29, 0.717) is 5.75 Å². The molecule has 2 N–H and O–H groups in total. The molecule has 0 aliphatic carbocycles. The van der Waals surface area contributed by atoms with E-state index in [0.717, 1.165) is 4.90 Å². The lowest BCUT2D eigenvalue weighted by molar-refractivity contribution is -0.150. The van der Waals surface area contributed by atoms with Gasteiger partial charge in [0.15, 0.2) is 0 Å². The number of amides is 2. The number of methoxy groups -OCH3 is 1. The molecule has 2 atom stereocenters. The average molecular weight is 366 g/mol. The summed E-state index contributed by atoms with van der Waals surface area (Å²) in [6.07, 6.45) is -0.265. The fraction of sp³-hybridized carbons (Fsp3) is 0.500. The first-order chi connectivity index (χ1) is 12.2. The van der Waals surface area contributed by atoms with Gasteiger partial charge in [-0.3, -0.25) is 9.59 Å². The SMILES string of the molecule is COc1ccccc1C(=O)NC(C(=O)N1CCC(F)(C(=O)O)C1)C(C)C. The minimum Gasteiger partial charge on any atom is -0.496 e. The summed E-state index contributed by atoms with van der Waals surface area (Å²) in [5.74, 6) is -2.45. The molecular formula is C18H23FN2O5. The normalized spacial score (nSPS) is 20.7. The third kappa shape index (κ3) is 3.95. The lowest BCUT2D eigenvalue weighted by Gasteiger charge is -2.27. The monoisotopic (exact) mass is 366 g/mol. The number of carboxylic acids is 1. The van der Waals surface area contributed by atoms with Crippen molar-refractivity contribution in [1.29, 1.82) is 0 Å². The third-order valence-electron chi connectivity index (χ3n) is 4.49. The molecule has 26 heavy (non-hydrogen) atoms. The summed E-state index contributed by atoms with van der Waals surface area (Å²) in [7, 11) is 1.44. The van der Waals surface area contributed by atoms with Gasteiger partial charge in [0.1, 0.15) is 11.8 Å². The third-order valence-corrected chi connectivity index (χ3v) is 4.49. The molecule has 1 aromatic carbocycles. The number of hydrogen-bond donors (Lipinski definition) is 2. The van der Waals surface area contributed by atoms with Crippen LogP contribution < -0.4 is 10.1 Å². The molecular weight excluding hydrogens is 343 g/mol. The highest BCUT2D eigenvalue weighted by atomic mass is 19.1. The van der Waals surface area contributed by atoms with Gasteiger partial charge in [0.25, 0.3) is 5.91 Å². The van der Waals surface area contributed by atoms with Crippen molar-refractivity contribution in [1.82, 2.24) is 10.2 Å². The number of nitrogens with one attached hydrogen (secondary N) is 1. The number of carbonyl (C=O) groups is 3. The Morgan fingerprint density at radius 2 is 1.96 bits per heavy atom. The molecule has 1 heterocycles. The zero-order chi connectivity index (χ0) is 19.5. The van der Waals surface area contributed by atoms with Crippen LogP contribution in [0.4, 0.5) is 4.39 Å². The molecule has 2 amide bonds. The molecule has 7 nitrogen and oxygen atoms in total. The Morgan fingerprint density at radius 1 is 1.31 bits per heavy atom.